The van der Waals surface area contributed by atoms with Gasteiger partial charge in [-0.2, -0.15) is 0 Å². The summed E-state index contributed by atoms with van der Waals surface area (Å²) in [5.41, 5.74) is 6.35. The first-order chi connectivity index (χ1) is 8.33. The highest BCUT2D eigenvalue weighted by Gasteiger charge is 1.94. The molecule has 0 spiro atoms. The topological polar surface area (TPSA) is 64.4 Å². The lowest BCUT2D eigenvalue weighted by Gasteiger charge is -2.04. The number of nitrogens with two attached hydrogens (primary N) is 1. The number of amides is 1. The number of carbonyl (C=O) groups excluding carboxylic acids is 1. The van der Waals surface area contributed by atoms with Gasteiger partial charge >= 0.3 is 0 Å². The van der Waals surface area contributed by atoms with Crippen molar-refractivity contribution >= 4 is 5.91 Å². The van der Waals surface area contributed by atoms with E-state index >= 15 is 0 Å². The summed E-state index contributed by atoms with van der Waals surface area (Å²) in [6.07, 6.45) is 3.04. The van der Waals surface area contributed by atoms with Crippen molar-refractivity contribution in [2.45, 2.75) is 6.61 Å². The molecule has 0 aliphatic carbocycles. The fourth-order valence-corrected chi connectivity index (χ4v) is 1.24. The Hall–Kier alpha value is -1.65. The van der Waals surface area contributed by atoms with E-state index in [1.807, 2.05) is 30.3 Å². The molecule has 0 fully saturated rings. The molecule has 0 bridgehead atoms. The molecular weight excluding hydrogens is 216 g/mol. The van der Waals surface area contributed by atoms with Crippen LogP contribution in [0.5, 0.6) is 0 Å². The number of rotatable bonds is 7. The Morgan fingerprint density at radius 1 is 1.35 bits per heavy atom. The quantitative estimate of drug-likeness (QED) is 0.542. The molecule has 1 amide bonds. The van der Waals surface area contributed by atoms with Gasteiger partial charge in [-0.25, -0.2) is 0 Å². The molecule has 0 atom stereocenters. The smallest absolute Gasteiger partial charge is 0.243 e. The molecule has 4 nitrogen and oxygen atoms in total. The maximum atomic E-state index is 11.1. The van der Waals surface area contributed by atoms with Gasteiger partial charge in [-0.15, -0.1) is 0 Å². The van der Waals surface area contributed by atoms with Crippen molar-refractivity contribution in [3.05, 3.63) is 48.0 Å². The lowest BCUT2D eigenvalue weighted by atomic mass is 10.2. The Morgan fingerprint density at radius 2 is 2.12 bits per heavy atom. The second-order valence-corrected chi connectivity index (χ2v) is 3.47. The first-order valence-corrected chi connectivity index (χ1v) is 5.59. The van der Waals surface area contributed by atoms with Crippen LogP contribution in [0.2, 0.25) is 0 Å². The van der Waals surface area contributed by atoms with E-state index in [2.05, 4.69) is 5.32 Å². The van der Waals surface area contributed by atoms with Crippen molar-refractivity contribution in [1.82, 2.24) is 5.32 Å². The fraction of sp³-hybridized carbons (Fsp3) is 0.308. The van der Waals surface area contributed by atoms with Gasteiger partial charge in [0.2, 0.25) is 5.91 Å². The van der Waals surface area contributed by atoms with Crippen LogP contribution in [0, 0.1) is 0 Å². The van der Waals surface area contributed by atoms with Crippen molar-refractivity contribution in [3.8, 4) is 0 Å². The summed E-state index contributed by atoms with van der Waals surface area (Å²) in [6, 6.07) is 9.91. The minimum absolute atomic E-state index is 0.140. The van der Waals surface area contributed by atoms with E-state index in [1.165, 1.54) is 6.08 Å². The van der Waals surface area contributed by atoms with Crippen LogP contribution in [-0.2, 0) is 16.1 Å². The summed E-state index contributed by atoms with van der Waals surface area (Å²) in [5, 5.41) is 2.70. The maximum absolute atomic E-state index is 11.1. The van der Waals surface area contributed by atoms with E-state index in [-0.39, 0.29) is 5.91 Å². The SMILES string of the molecule is NC/C=C/C(=O)NCCOCc1ccccc1. The molecule has 92 valence electrons. The lowest BCUT2D eigenvalue weighted by molar-refractivity contribution is -0.116. The van der Waals surface area contributed by atoms with Gasteiger partial charge in [0.15, 0.2) is 0 Å². The average Bonchev–Trinajstić information content (AvgIpc) is 2.37. The Morgan fingerprint density at radius 3 is 2.82 bits per heavy atom. The molecular formula is C13H18N2O2. The molecule has 3 N–H and O–H groups in total. The molecule has 0 saturated carbocycles. The van der Waals surface area contributed by atoms with Crippen LogP contribution in [0.15, 0.2) is 42.5 Å². The summed E-state index contributed by atoms with van der Waals surface area (Å²) < 4.78 is 5.41. The molecule has 4 heteroatoms. The van der Waals surface area contributed by atoms with E-state index in [4.69, 9.17) is 10.5 Å². The Kier molecular flexibility index (Phi) is 6.70. The Balaban J connectivity index is 2.05. The first-order valence-electron chi connectivity index (χ1n) is 5.59. The van der Waals surface area contributed by atoms with Crippen molar-refractivity contribution in [3.63, 3.8) is 0 Å². The van der Waals surface area contributed by atoms with E-state index in [0.717, 1.165) is 5.56 Å². The zero-order chi connectivity index (χ0) is 12.3. The van der Waals surface area contributed by atoms with Crippen LogP contribution in [-0.4, -0.2) is 25.6 Å². The highest BCUT2D eigenvalue weighted by atomic mass is 16.5. The number of nitrogens with one attached hydrogen (secondary N) is 1. The monoisotopic (exact) mass is 234 g/mol. The molecule has 0 aliphatic rings. The average molecular weight is 234 g/mol. The molecule has 0 saturated heterocycles. The molecule has 0 aliphatic heterocycles. The molecule has 1 aromatic carbocycles. The van der Waals surface area contributed by atoms with E-state index in [1.54, 1.807) is 6.08 Å². The number of hydrogen-bond acceptors (Lipinski definition) is 3. The van der Waals surface area contributed by atoms with Crippen LogP contribution >= 0.6 is 0 Å². The van der Waals surface area contributed by atoms with Crippen molar-refractivity contribution in [2.24, 2.45) is 5.73 Å². The normalized spacial score (nSPS) is 10.6. The van der Waals surface area contributed by atoms with Gasteiger partial charge in [0, 0.05) is 19.2 Å². The van der Waals surface area contributed by atoms with Crippen LogP contribution < -0.4 is 11.1 Å². The molecule has 0 aromatic heterocycles. The highest BCUT2D eigenvalue weighted by molar-refractivity contribution is 5.87. The van der Waals surface area contributed by atoms with E-state index < -0.39 is 0 Å². The van der Waals surface area contributed by atoms with Gasteiger partial charge in [0.1, 0.15) is 0 Å². The third-order valence-electron chi connectivity index (χ3n) is 2.06. The number of benzene rings is 1. The lowest BCUT2D eigenvalue weighted by Crippen LogP contribution is -2.25. The van der Waals surface area contributed by atoms with E-state index in [9.17, 15) is 4.79 Å². The predicted octanol–water partition coefficient (Wildman–Crippen LogP) is 0.834. The molecule has 1 aromatic rings. The third kappa shape index (κ3) is 6.50. The molecule has 0 radical (unpaired) electrons. The highest BCUT2D eigenvalue weighted by Crippen LogP contribution is 1.99. The van der Waals surface area contributed by atoms with Gasteiger partial charge in [0.25, 0.3) is 0 Å². The molecule has 17 heavy (non-hydrogen) atoms. The predicted molar refractivity (Wildman–Crippen MR) is 67.3 cm³/mol. The molecule has 1 rings (SSSR count). The van der Waals surface area contributed by atoms with Crippen LogP contribution in [0.3, 0.4) is 0 Å². The van der Waals surface area contributed by atoms with Crippen LogP contribution in [0.1, 0.15) is 5.56 Å². The van der Waals surface area contributed by atoms with Gasteiger partial charge < -0.3 is 15.8 Å². The van der Waals surface area contributed by atoms with Gasteiger partial charge in [-0.05, 0) is 5.56 Å². The second-order valence-electron chi connectivity index (χ2n) is 3.47. The van der Waals surface area contributed by atoms with Gasteiger partial charge in [-0.3, -0.25) is 4.79 Å². The van der Waals surface area contributed by atoms with E-state index in [0.29, 0.717) is 26.3 Å². The summed E-state index contributed by atoms with van der Waals surface area (Å²) in [6.45, 7) is 1.94. The summed E-state index contributed by atoms with van der Waals surface area (Å²) >= 11 is 0. The Bertz CT molecular complexity index is 350. The number of carbonyl (C=O) groups is 1. The van der Waals surface area contributed by atoms with Crippen molar-refractivity contribution in [2.75, 3.05) is 19.7 Å². The summed E-state index contributed by atoms with van der Waals surface area (Å²) in [4.78, 5) is 11.1. The fourth-order valence-electron chi connectivity index (χ4n) is 1.24. The number of ether oxygens (including phenoxy) is 1. The zero-order valence-electron chi connectivity index (χ0n) is 9.76. The third-order valence-corrected chi connectivity index (χ3v) is 2.06. The molecule has 0 unspecified atom stereocenters. The summed E-state index contributed by atoms with van der Waals surface area (Å²) in [5.74, 6) is -0.140. The molecule has 0 heterocycles. The minimum atomic E-state index is -0.140. The van der Waals surface area contributed by atoms with Crippen LogP contribution in [0.25, 0.3) is 0 Å². The zero-order valence-corrected chi connectivity index (χ0v) is 9.76. The maximum Gasteiger partial charge on any atom is 0.243 e. The van der Waals surface area contributed by atoms with Crippen LogP contribution in [0.4, 0.5) is 0 Å². The standard InChI is InChI=1S/C13H18N2O2/c14-8-4-7-13(16)15-9-10-17-11-12-5-2-1-3-6-12/h1-7H,8-11,14H2,(H,15,16)/b7-4+. The Labute approximate surface area is 101 Å². The second kappa shape index (κ2) is 8.50. The summed E-state index contributed by atoms with van der Waals surface area (Å²) in [7, 11) is 0. The number of hydrogen-bond donors (Lipinski definition) is 2. The largest absolute Gasteiger partial charge is 0.375 e. The minimum Gasteiger partial charge on any atom is -0.375 e. The van der Waals surface area contributed by atoms with Crippen molar-refractivity contribution < 1.29 is 9.53 Å². The van der Waals surface area contributed by atoms with Gasteiger partial charge in [-0.1, -0.05) is 36.4 Å². The first kappa shape index (κ1) is 13.4. The van der Waals surface area contributed by atoms with Crippen molar-refractivity contribution in [1.29, 1.82) is 0 Å². The van der Waals surface area contributed by atoms with Gasteiger partial charge in [0.05, 0.1) is 13.2 Å².